The Morgan fingerprint density at radius 1 is 0.630 bits per heavy atom. The Morgan fingerprint density at radius 3 is 1.52 bits per heavy atom. The summed E-state index contributed by atoms with van der Waals surface area (Å²) >= 11 is 0. The molecule has 27 heavy (non-hydrogen) atoms. The van der Waals surface area contributed by atoms with Gasteiger partial charge in [-0.1, -0.05) is 0 Å². The highest BCUT2D eigenvalue weighted by atomic mass is 16.7. The molecule has 0 aromatic heterocycles. The lowest BCUT2D eigenvalue weighted by Crippen LogP contribution is -2.63. The van der Waals surface area contributed by atoms with Crippen LogP contribution in [0.15, 0.2) is 0 Å². The zero-order chi connectivity index (χ0) is 20.7. The highest BCUT2D eigenvalue weighted by molar-refractivity contribution is 5.69. The summed E-state index contributed by atoms with van der Waals surface area (Å²) in [5.74, 6) is -3.71. The van der Waals surface area contributed by atoms with Gasteiger partial charge < -0.3 is 28.4 Å². The van der Waals surface area contributed by atoms with Crippen molar-refractivity contribution in [1.82, 2.24) is 0 Å². The van der Waals surface area contributed by atoms with Gasteiger partial charge in [0.25, 0.3) is 0 Å². The van der Waals surface area contributed by atoms with Gasteiger partial charge in [0.1, 0.15) is 12.7 Å². The average Bonchev–Trinajstić information content (AvgIpc) is 2.49. The second-order valence-electron chi connectivity index (χ2n) is 5.68. The lowest BCUT2D eigenvalue weighted by atomic mass is 9.98. The molecule has 0 N–H and O–H groups in total. The Morgan fingerprint density at radius 2 is 1.07 bits per heavy atom. The largest absolute Gasteiger partial charge is 0.463 e. The van der Waals surface area contributed by atoms with Crippen molar-refractivity contribution < 1.29 is 52.4 Å². The first-order chi connectivity index (χ1) is 12.5. The van der Waals surface area contributed by atoms with E-state index in [1.807, 2.05) is 0 Å². The molecular formula is C16H22O11. The maximum atomic E-state index is 11.5. The summed E-state index contributed by atoms with van der Waals surface area (Å²) in [6.07, 6.45) is -6.70. The van der Waals surface area contributed by atoms with Crippen molar-refractivity contribution in [3.63, 3.8) is 0 Å². The van der Waals surface area contributed by atoms with Crippen LogP contribution in [0.3, 0.4) is 0 Å². The SMILES string of the molecule is CC(=O)OCC1O[C@H](OC(C)=O)C(OC(C)=O)[C@@H](OC(C)=O)[C@H]1OC(C)=O. The van der Waals surface area contributed by atoms with Gasteiger partial charge in [-0.15, -0.1) is 0 Å². The smallest absolute Gasteiger partial charge is 0.305 e. The molecule has 11 nitrogen and oxygen atoms in total. The summed E-state index contributed by atoms with van der Waals surface area (Å²) in [4.78, 5) is 57.0. The van der Waals surface area contributed by atoms with Crippen molar-refractivity contribution in [1.29, 1.82) is 0 Å². The molecule has 0 spiro atoms. The van der Waals surface area contributed by atoms with Crippen LogP contribution in [0.25, 0.3) is 0 Å². The first-order valence-electron chi connectivity index (χ1n) is 7.99. The molecule has 0 aliphatic carbocycles. The van der Waals surface area contributed by atoms with E-state index in [0.717, 1.165) is 34.6 Å². The van der Waals surface area contributed by atoms with Gasteiger partial charge >= 0.3 is 29.8 Å². The van der Waals surface area contributed by atoms with E-state index in [4.69, 9.17) is 28.4 Å². The standard InChI is InChI=1S/C16H22O11/c1-7(17)22-6-12-13(23-8(2)18)14(24-9(3)19)15(25-10(4)20)16(27-12)26-11(5)21/h12-16H,6H2,1-5H3/t12?,13-,14-,15?,16-/m0/s1. The Labute approximate surface area is 155 Å². The maximum absolute atomic E-state index is 11.5. The van der Waals surface area contributed by atoms with Gasteiger partial charge in [0, 0.05) is 34.6 Å². The molecule has 1 aliphatic heterocycles. The van der Waals surface area contributed by atoms with Gasteiger partial charge in [-0.05, 0) is 0 Å². The predicted octanol–water partition coefficient (Wildman–Crippen LogP) is -0.367. The fraction of sp³-hybridized carbons (Fsp3) is 0.688. The maximum Gasteiger partial charge on any atom is 0.305 e. The summed E-state index contributed by atoms with van der Waals surface area (Å²) in [5, 5.41) is 0. The molecule has 5 atom stereocenters. The highest BCUT2D eigenvalue weighted by Gasteiger charge is 2.53. The van der Waals surface area contributed by atoms with Crippen LogP contribution in [-0.4, -0.2) is 67.2 Å². The van der Waals surface area contributed by atoms with Crippen molar-refractivity contribution in [2.45, 2.75) is 65.3 Å². The first-order valence-corrected chi connectivity index (χ1v) is 7.99. The molecule has 11 heteroatoms. The van der Waals surface area contributed by atoms with Crippen molar-refractivity contribution >= 4 is 29.8 Å². The van der Waals surface area contributed by atoms with Crippen LogP contribution in [0.5, 0.6) is 0 Å². The van der Waals surface area contributed by atoms with Crippen LogP contribution in [0.1, 0.15) is 34.6 Å². The molecule has 1 aliphatic rings. The summed E-state index contributed by atoms with van der Waals surface area (Å²) in [5.41, 5.74) is 0. The van der Waals surface area contributed by atoms with E-state index in [0.29, 0.717) is 0 Å². The molecule has 2 unspecified atom stereocenters. The summed E-state index contributed by atoms with van der Waals surface area (Å²) in [6, 6.07) is 0. The van der Waals surface area contributed by atoms with E-state index in [9.17, 15) is 24.0 Å². The lowest BCUT2D eigenvalue weighted by Gasteiger charge is -2.43. The summed E-state index contributed by atoms with van der Waals surface area (Å²) in [7, 11) is 0. The molecule has 1 heterocycles. The van der Waals surface area contributed by atoms with Gasteiger partial charge in [-0.2, -0.15) is 0 Å². The molecule has 1 fully saturated rings. The van der Waals surface area contributed by atoms with Gasteiger partial charge in [0.2, 0.25) is 12.4 Å². The summed E-state index contributed by atoms with van der Waals surface area (Å²) in [6.45, 7) is 5.13. The molecule has 0 aromatic carbocycles. The van der Waals surface area contributed by atoms with Crippen molar-refractivity contribution in [2.75, 3.05) is 6.61 Å². The van der Waals surface area contributed by atoms with Crippen molar-refractivity contribution in [3.8, 4) is 0 Å². The van der Waals surface area contributed by atoms with Crippen LogP contribution in [0, 0.1) is 0 Å². The minimum Gasteiger partial charge on any atom is -0.463 e. The zero-order valence-corrected chi connectivity index (χ0v) is 15.6. The Kier molecular flexibility index (Phi) is 8.16. The van der Waals surface area contributed by atoms with E-state index in [2.05, 4.69) is 0 Å². The predicted molar refractivity (Wildman–Crippen MR) is 83.7 cm³/mol. The number of ether oxygens (including phenoxy) is 6. The first kappa shape index (κ1) is 22.4. The lowest BCUT2D eigenvalue weighted by molar-refractivity contribution is -0.300. The Hall–Kier alpha value is -2.69. The van der Waals surface area contributed by atoms with Crippen molar-refractivity contribution in [3.05, 3.63) is 0 Å². The van der Waals surface area contributed by atoms with Crippen LogP contribution >= 0.6 is 0 Å². The van der Waals surface area contributed by atoms with Gasteiger partial charge in [0.15, 0.2) is 12.2 Å². The number of esters is 5. The number of carbonyl (C=O) groups is 5. The minimum absolute atomic E-state index is 0.393. The van der Waals surface area contributed by atoms with Crippen LogP contribution in [0.2, 0.25) is 0 Å². The second-order valence-corrected chi connectivity index (χ2v) is 5.68. The minimum atomic E-state index is -1.48. The third kappa shape index (κ3) is 7.21. The van der Waals surface area contributed by atoms with Crippen LogP contribution < -0.4 is 0 Å². The topological polar surface area (TPSA) is 141 Å². The quantitative estimate of drug-likeness (QED) is 0.433. The molecular weight excluding hydrogens is 368 g/mol. The van der Waals surface area contributed by atoms with Gasteiger partial charge in [-0.25, -0.2) is 0 Å². The molecule has 0 amide bonds. The fourth-order valence-corrected chi connectivity index (χ4v) is 2.45. The Balaban J connectivity index is 3.29. The van der Waals surface area contributed by atoms with E-state index >= 15 is 0 Å². The molecule has 0 aromatic rings. The third-order valence-corrected chi connectivity index (χ3v) is 3.23. The van der Waals surface area contributed by atoms with Gasteiger partial charge in [0.05, 0.1) is 0 Å². The molecule has 0 radical (unpaired) electrons. The summed E-state index contributed by atoms with van der Waals surface area (Å²) < 4.78 is 30.8. The number of hydrogen-bond donors (Lipinski definition) is 0. The van der Waals surface area contributed by atoms with Crippen LogP contribution in [0.4, 0.5) is 0 Å². The molecule has 1 rings (SSSR count). The molecule has 0 saturated carbocycles. The van der Waals surface area contributed by atoms with E-state index in [1.54, 1.807) is 0 Å². The normalized spacial score (nSPS) is 27.1. The molecule has 152 valence electrons. The van der Waals surface area contributed by atoms with Gasteiger partial charge in [-0.3, -0.25) is 24.0 Å². The monoisotopic (exact) mass is 390 g/mol. The number of carbonyl (C=O) groups excluding carboxylic acids is 5. The fourth-order valence-electron chi connectivity index (χ4n) is 2.45. The molecule has 0 bridgehead atoms. The highest BCUT2D eigenvalue weighted by Crippen LogP contribution is 2.29. The van der Waals surface area contributed by atoms with E-state index in [-0.39, 0.29) is 0 Å². The van der Waals surface area contributed by atoms with E-state index < -0.39 is 67.2 Å². The number of hydrogen-bond acceptors (Lipinski definition) is 11. The van der Waals surface area contributed by atoms with E-state index in [1.165, 1.54) is 0 Å². The van der Waals surface area contributed by atoms with Crippen molar-refractivity contribution in [2.24, 2.45) is 0 Å². The Bertz CT molecular complexity index is 599. The molecule has 1 saturated heterocycles. The van der Waals surface area contributed by atoms with Crippen LogP contribution in [-0.2, 0) is 52.4 Å². The second kappa shape index (κ2) is 9.86. The average molecular weight is 390 g/mol. The zero-order valence-electron chi connectivity index (χ0n) is 15.6. The third-order valence-electron chi connectivity index (χ3n) is 3.23. The number of rotatable bonds is 6.